The van der Waals surface area contributed by atoms with Crippen LogP contribution in [0, 0.1) is 6.92 Å². The fourth-order valence-corrected chi connectivity index (χ4v) is 2.87. The molecule has 0 bridgehead atoms. The monoisotopic (exact) mass is 351 g/mol. The van der Waals surface area contributed by atoms with Crippen LogP contribution in [0.25, 0.3) is 5.65 Å². The zero-order valence-electron chi connectivity index (χ0n) is 14.6. The highest BCUT2D eigenvalue weighted by Crippen LogP contribution is 2.11. The van der Waals surface area contributed by atoms with Crippen molar-refractivity contribution in [2.45, 2.75) is 32.2 Å². The number of carboxylic acids is 1. The van der Waals surface area contributed by atoms with Gasteiger partial charge in [-0.3, -0.25) is 9.59 Å². The number of nitrogens with zero attached hydrogens (tertiary/aromatic N) is 2. The summed E-state index contributed by atoms with van der Waals surface area (Å²) in [6.45, 7) is 1.97. The number of benzene rings is 1. The summed E-state index contributed by atoms with van der Waals surface area (Å²) in [5.41, 5.74) is 3.15. The lowest BCUT2D eigenvalue weighted by atomic mass is 10.0. The number of carboxylic acid groups (broad SMARTS) is 1. The maximum atomic E-state index is 12.6. The number of hydrogen-bond donors (Lipinski definition) is 2. The zero-order chi connectivity index (χ0) is 18.5. The van der Waals surface area contributed by atoms with Crippen molar-refractivity contribution in [1.29, 1.82) is 0 Å². The molecule has 134 valence electrons. The molecule has 26 heavy (non-hydrogen) atoms. The van der Waals surface area contributed by atoms with Crippen molar-refractivity contribution in [2.75, 3.05) is 0 Å². The fourth-order valence-electron chi connectivity index (χ4n) is 2.87. The third-order valence-corrected chi connectivity index (χ3v) is 4.22. The standard InChI is InChI=1S/C20H21N3O3/c1-14-9-10-23-13-17(22-18(23)11-14)20(26)21-16(7-8-19(24)25)12-15-5-3-2-4-6-15/h2-6,9-11,13,16H,7-8,12H2,1H3,(H,21,26)(H,24,25). The summed E-state index contributed by atoms with van der Waals surface area (Å²) in [5, 5.41) is 11.9. The maximum absolute atomic E-state index is 12.6. The van der Waals surface area contributed by atoms with Gasteiger partial charge in [0.15, 0.2) is 0 Å². The SMILES string of the molecule is Cc1ccn2cc(C(=O)NC(CCC(=O)O)Cc3ccccc3)nc2c1. The molecular weight excluding hydrogens is 330 g/mol. The molecule has 6 heteroatoms. The lowest BCUT2D eigenvalue weighted by molar-refractivity contribution is -0.137. The van der Waals surface area contributed by atoms with Crippen molar-refractivity contribution in [1.82, 2.24) is 14.7 Å². The smallest absolute Gasteiger partial charge is 0.303 e. The summed E-state index contributed by atoms with van der Waals surface area (Å²) < 4.78 is 1.80. The van der Waals surface area contributed by atoms with Crippen molar-refractivity contribution in [3.05, 3.63) is 71.7 Å². The molecule has 6 nitrogen and oxygen atoms in total. The normalized spacial score (nSPS) is 12.0. The molecule has 0 spiro atoms. The van der Waals surface area contributed by atoms with E-state index in [1.165, 1.54) is 0 Å². The van der Waals surface area contributed by atoms with Crippen LogP contribution in [0.3, 0.4) is 0 Å². The lowest BCUT2D eigenvalue weighted by Gasteiger charge is -2.17. The molecular formula is C20H21N3O3. The van der Waals surface area contributed by atoms with Gasteiger partial charge in [-0.2, -0.15) is 0 Å². The number of aryl methyl sites for hydroxylation is 1. The molecule has 1 aromatic carbocycles. The van der Waals surface area contributed by atoms with Gasteiger partial charge in [0.1, 0.15) is 11.3 Å². The third kappa shape index (κ3) is 4.47. The number of hydrogen-bond acceptors (Lipinski definition) is 3. The molecule has 1 amide bonds. The Hall–Kier alpha value is -3.15. The van der Waals surface area contributed by atoms with Gasteiger partial charge < -0.3 is 14.8 Å². The molecule has 2 aromatic heterocycles. The van der Waals surface area contributed by atoms with E-state index in [0.29, 0.717) is 24.2 Å². The number of aromatic nitrogens is 2. The summed E-state index contributed by atoms with van der Waals surface area (Å²) in [4.78, 5) is 27.9. The molecule has 0 saturated heterocycles. The van der Waals surface area contributed by atoms with E-state index in [0.717, 1.165) is 11.1 Å². The van der Waals surface area contributed by atoms with E-state index < -0.39 is 5.97 Å². The fraction of sp³-hybridized carbons (Fsp3) is 0.250. The van der Waals surface area contributed by atoms with E-state index in [-0.39, 0.29) is 18.4 Å². The number of fused-ring (bicyclic) bond motifs is 1. The lowest BCUT2D eigenvalue weighted by Crippen LogP contribution is -2.37. The van der Waals surface area contributed by atoms with Crippen LogP contribution in [-0.4, -0.2) is 32.4 Å². The number of imidazole rings is 1. The van der Waals surface area contributed by atoms with Crippen LogP contribution in [0.15, 0.2) is 54.9 Å². The van der Waals surface area contributed by atoms with E-state index in [1.807, 2.05) is 55.6 Å². The van der Waals surface area contributed by atoms with Crippen molar-refractivity contribution in [2.24, 2.45) is 0 Å². The molecule has 0 fully saturated rings. The first-order chi connectivity index (χ1) is 12.5. The number of pyridine rings is 1. The van der Waals surface area contributed by atoms with Gasteiger partial charge >= 0.3 is 5.97 Å². The topological polar surface area (TPSA) is 83.7 Å². The largest absolute Gasteiger partial charge is 0.481 e. The van der Waals surface area contributed by atoms with Gasteiger partial charge in [0.2, 0.25) is 0 Å². The van der Waals surface area contributed by atoms with E-state index in [2.05, 4.69) is 10.3 Å². The quantitative estimate of drug-likeness (QED) is 0.686. The molecule has 2 heterocycles. The Bertz CT molecular complexity index is 918. The summed E-state index contributed by atoms with van der Waals surface area (Å²) in [6, 6.07) is 13.3. The molecule has 2 N–H and O–H groups in total. The van der Waals surface area contributed by atoms with Crippen molar-refractivity contribution < 1.29 is 14.7 Å². The Kier molecular flexibility index (Phi) is 5.31. The van der Waals surface area contributed by atoms with Gasteiger partial charge in [0.25, 0.3) is 5.91 Å². The average molecular weight is 351 g/mol. The first-order valence-electron chi connectivity index (χ1n) is 8.53. The summed E-state index contributed by atoms with van der Waals surface area (Å²) >= 11 is 0. The van der Waals surface area contributed by atoms with Crippen LogP contribution in [0.2, 0.25) is 0 Å². The second-order valence-electron chi connectivity index (χ2n) is 6.39. The Labute approximate surface area is 151 Å². The minimum atomic E-state index is -0.875. The molecule has 3 rings (SSSR count). The first kappa shape index (κ1) is 17.7. The summed E-state index contributed by atoms with van der Waals surface area (Å²) in [5.74, 6) is -1.17. The van der Waals surface area contributed by atoms with E-state index in [9.17, 15) is 9.59 Å². The van der Waals surface area contributed by atoms with E-state index in [1.54, 1.807) is 10.6 Å². The molecule has 0 aliphatic heterocycles. The van der Waals surface area contributed by atoms with Crippen LogP contribution in [0.4, 0.5) is 0 Å². The molecule has 0 radical (unpaired) electrons. The summed E-state index contributed by atoms with van der Waals surface area (Å²) in [6.07, 6.45) is 4.48. The van der Waals surface area contributed by atoms with Crippen molar-refractivity contribution >= 4 is 17.5 Å². The van der Waals surface area contributed by atoms with Gasteiger partial charge in [-0.25, -0.2) is 4.98 Å². The van der Waals surface area contributed by atoms with Crippen LogP contribution in [0.5, 0.6) is 0 Å². The Balaban J connectivity index is 1.75. The highest BCUT2D eigenvalue weighted by molar-refractivity contribution is 5.93. The van der Waals surface area contributed by atoms with Gasteiger partial charge in [-0.1, -0.05) is 30.3 Å². The van der Waals surface area contributed by atoms with Gasteiger partial charge in [0.05, 0.1) is 0 Å². The molecule has 0 saturated carbocycles. The number of nitrogens with one attached hydrogen (secondary N) is 1. The van der Waals surface area contributed by atoms with E-state index >= 15 is 0 Å². The van der Waals surface area contributed by atoms with Gasteiger partial charge in [-0.05, 0) is 43.0 Å². The zero-order valence-corrected chi connectivity index (χ0v) is 14.6. The van der Waals surface area contributed by atoms with Crippen LogP contribution in [0.1, 0.15) is 34.5 Å². The molecule has 0 aliphatic carbocycles. The maximum Gasteiger partial charge on any atom is 0.303 e. The minimum Gasteiger partial charge on any atom is -0.481 e. The Morgan fingerprint density at radius 2 is 2.00 bits per heavy atom. The van der Waals surface area contributed by atoms with Crippen LogP contribution >= 0.6 is 0 Å². The number of carbonyl (C=O) groups is 2. The second-order valence-corrected chi connectivity index (χ2v) is 6.39. The number of rotatable bonds is 7. The van der Waals surface area contributed by atoms with Crippen LogP contribution < -0.4 is 5.32 Å². The second kappa shape index (κ2) is 7.82. The Morgan fingerprint density at radius 3 is 2.73 bits per heavy atom. The highest BCUT2D eigenvalue weighted by atomic mass is 16.4. The summed E-state index contributed by atoms with van der Waals surface area (Å²) in [7, 11) is 0. The Morgan fingerprint density at radius 1 is 1.23 bits per heavy atom. The molecule has 1 unspecified atom stereocenters. The van der Waals surface area contributed by atoms with Crippen molar-refractivity contribution in [3.63, 3.8) is 0 Å². The highest BCUT2D eigenvalue weighted by Gasteiger charge is 2.18. The van der Waals surface area contributed by atoms with Gasteiger partial charge in [0, 0.05) is 24.9 Å². The third-order valence-electron chi connectivity index (χ3n) is 4.22. The molecule has 1 atom stereocenters. The number of carbonyl (C=O) groups excluding carboxylic acids is 1. The predicted molar refractivity (Wildman–Crippen MR) is 98.2 cm³/mol. The minimum absolute atomic E-state index is 0.00212. The van der Waals surface area contributed by atoms with Crippen molar-refractivity contribution in [3.8, 4) is 0 Å². The average Bonchev–Trinajstić information content (AvgIpc) is 3.03. The predicted octanol–water partition coefficient (Wildman–Crippen LogP) is 2.85. The van der Waals surface area contributed by atoms with Crippen LogP contribution in [-0.2, 0) is 11.2 Å². The molecule has 0 aliphatic rings. The first-order valence-corrected chi connectivity index (χ1v) is 8.53. The van der Waals surface area contributed by atoms with E-state index in [4.69, 9.17) is 5.11 Å². The van der Waals surface area contributed by atoms with Gasteiger partial charge in [-0.15, -0.1) is 0 Å². The molecule has 3 aromatic rings. The number of amides is 1. The number of aliphatic carboxylic acids is 1.